The molecule has 1 amide bonds. The number of sulfonamides is 1. The SMILES string of the molecule is COCCCN1C(=O)c2cccc3c(CC(=O)C4CCN(S(=O)(=O)c5c(Cl)nc6sccn56)CC4)ccc1c23. The van der Waals surface area contributed by atoms with Crippen LogP contribution in [0.4, 0.5) is 5.69 Å². The van der Waals surface area contributed by atoms with E-state index in [-0.39, 0.29) is 47.3 Å². The van der Waals surface area contributed by atoms with Crippen molar-refractivity contribution in [2.75, 3.05) is 38.3 Å². The summed E-state index contributed by atoms with van der Waals surface area (Å²) in [6, 6.07) is 9.53. The first-order valence-electron chi connectivity index (χ1n) is 12.8. The van der Waals surface area contributed by atoms with E-state index < -0.39 is 10.0 Å². The van der Waals surface area contributed by atoms with Crippen LogP contribution in [-0.4, -0.2) is 67.1 Å². The molecule has 4 aromatic rings. The fourth-order valence-electron chi connectivity index (χ4n) is 5.69. The predicted octanol–water partition coefficient (Wildman–Crippen LogP) is 4.41. The molecule has 2 aromatic heterocycles. The molecule has 0 unspecified atom stereocenters. The molecule has 39 heavy (non-hydrogen) atoms. The number of nitrogens with zero attached hydrogens (tertiary/aromatic N) is 4. The molecule has 0 bridgehead atoms. The molecule has 1 fully saturated rings. The van der Waals surface area contributed by atoms with Crippen LogP contribution in [0.1, 0.15) is 35.2 Å². The molecule has 1 saturated heterocycles. The predicted molar refractivity (Wildman–Crippen MR) is 150 cm³/mol. The zero-order valence-corrected chi connectivity index (χ0v) is 23.7. The minimum atomic E-state index is -3.85. The Morgan fingerprint density at radius 1 is 1.21 bits per heavy atom. The molecule has 0 spiro atoms. The number of hydrogen-bond donors (Lipinski definition) is 0. The van der Waals surface area contributed by atoms with E-state index in [2.05, 4.69) is 4.98 Å². The Labute approximate surface area is 235 Å². The Balaban J connectivity index is 1.17. The third-order valence-corrected chi connectivity index (χ3v) is 10.7. The molecule has 0 aliphatic carbocycles. The summed E-state index contributed by atoms with van der Waals surface area (Å²) in [5.41, 5.74) is 2.41. The summed E-state index contributed by atoms with van der Waals surface area (Å²) >= 11 is 7.51. The molecule has 0 radical (unpaired) electrons. The van der Waals surface area contributed by atoms with Crippen LogP contribution in [0.5, 0.6) is 0 Å². The van der Waals surface area contributed by atoms with E-state index in [0.29, 0.717) is 36.5 Å². The van der Waals surface area contributed by atoms with Gasteiger partial charge in [0.2, 0.25) is 0 Å². The van der Waals surface area contributed by atoms with E-state index in [1.54, 1.807) is 23.6 Å². The number of Topliss-reactive ketones (excluding diaryl/α,β-unsaturated/α-hetero) is 1. The van der Waals surface area contributed by atoms with Crippen molar-refractivity contribution < 1.29 is 22.7 Å². The van der Waals surface area contributed by atoms with Crippen molar-refractivity contribution in [1.29, 1.82) is 0 Å². The summed E-state index contributed by atoms with van der Waals surface area (Å²) in [6.07, 6.45) is 3.49. The number of anilines is 1. The minimum Gasteiger partial charge on any atom is -0.385 e. The number of carbonyl (C=O) groups excluding carboxylic acids is 2. The van der Waals surface area contributed by atoms with Gasteiger partial charge in [0.15, 0.2) is 15.1 Å². The maximum atomic E-state index is 13.4. The van der Waals surface area contributed by atoms with E-state index in [1.165, 1.54) is 20.0 Å². The van der Waals surface area contributed by atoms with Crippen LogP contribution in [0.2, 0.25) is 5.15 Å². The number of fused-ring (bicyclic) bond motifs is 1. The molecular weight excluding hydrogens is 560 g/mol. The fraction of sp³-hybridized carbons (Fsp3) is 0.370. The second kappa shape index (κ2) is 10.3. The lowest BCUT2D eigenvalue weighted by Gasteiger charge is -2.30. The van der Waals surface area contributed by atoms with E-state index in [9.17, 15) is 18.0 Å². The lowest BCUT2D eigenvalue weighted by atomic mass is 9.88. The molecule has 2 aliphatic heterocycles. The summed E-state index contributed by atoms with van der Waals surface area (Å²) in [7, 11) is -2.21. The van der Waals surface area contributed by atoms with Crippen LogP contribution in [0.15, 0.2) is 46.9 Å². The molecule has 204 valence electrons. The third-order valence-electron chi connectivity index (χ3n) is 7.64. The molecule has 2 aliphatic rings. The number of hydrogen-bond acceptors (Lipinski definition) is 7. The van der Waals surface area contributed by atoms with Crippen molar-refractivity contribution in [3.8, 4) is 0 Å². The van der Waals surface area contributed by atoms with Crippen molar-refractivity contribution >= 4 is 66.1 Å². The highest BCUT2D eigenvalue weighted by molar-refractivity contribution is 7.89. The van der Waals surface area contributed by atoms with Gasteiger partial charge < -0.3 is 9.64 Å². The molecule has 2 aromatic carbocycles. The Bertz CT molecular complexity index is 1710. The number of ether oxygens (including phenoxy) is 1. The monoisotopic (exact) mass is 586 g/mol. The number of aromatic nitrogens is 2. The molecule has 0 N–H and O–H groups in total. The number of methoxy groups -OCH3 is 1. The smallest absolute Gasteiger partial charge is 0.262 e. The Hall–Kier alpha value is -2.83. The van der Waals surface area contributed by atoms with Gasteiger partial charge in [0, 0.05) is 68.2 Å². The number of amides is 1. The second-order valence-electron chi connectivity index (χ2n) is 9.86. The van der Waals surface area contributed by atoms with Crippen LogP contribution in [0, 0.1) is 5.92 Å². The van der Waals surface area contributed by atoms with Gasteiger partial charge in [-0.25, -0.2) is 13.4 Å². The Morgan fingerprint density at radius 3 is 2.77 bits per heavy atom. The number of thiazole rings is 1. The highest BCUT2D eigenvalue weighted by Crippen LogP contribution is 2.39. The number of piperidine rings is 1. The quantitative estimate of drug-likeness (QED) is 0.269. The van der Waals surface area contributed by atoms with Crippen molar-refractivity contribution in [2.24, 2.45) is 5.92 Å². The molecular formula is C27H27ClN4O5S2. The first kappa shape index (κ1) is 26.4. The maximum Gasteiger partial charge on any atom is 0.262 e. The molecule has 4 heterocycles. The van der Waals surface area contributed by atoms with Gasteiger partial charge in [0.25, 0.3) is 15.9 Å². The van der Waals surface area contributed by atoms with Crippen LogP contribution in [0.25, 0.3) is 15.7 Å². The molecule has 9 nitrogen and oxygen atoms in total. The summed E-state index contributed by atoms with van der Waals surface area (Å²) in [5.74, 6) is -0.188. The molecule has 12 heteroatoms. The highest BCUT2D eigenvalue weighted by atomic mass is 35.5. The minimum absolute atomic E-state index is 0.0242. The normalized spacial score (nSPS) is 16.7. The van der Waals surface area contributed by atoms with Crippen molar-refractivity contribution in [3.63, 3.8) is 0 Å². The Kier molecular flexibility index (Phi) is 6.96. The van der Waals surface area contributed by atoms with Crippen LogP contribution in [-0.2, 0) is 26.0 Å². The lowest BCUT2D eigenvalue weighted by Crippen LogP contribution is -2.41. The number of imidazole rings is 1. The zero-order chi connectivity index (χ0) is 27.3. The standard InChI is InChI=1S/C27H27ClN4O5S2/c1-37-14-3-10-31-21-7-6-18(19-4-2-5-20(23(19)21)25(31)34)16-22(33)17-8-11-30(12-9-17)39(35,36)26-24(28)29-27-32(26)13-15-38-27/h2,4-7,13,15,17H,3,8-12,14,16H2,1H3. The number of carbonyl (C=O) groups is 2. The summed E-state index contributed by atoms with van der Waals surface area (Å²) in [6.45, 7) is 1.62. The van der Waals surface area contributed by atoms with Crippen molar-refractivity contribution in [2.45, 2.75) is 30.7 Å². The zero-order valence-electron chi connectivity index (χ0n) is 21.3. The third kappa shape index (κ3) is 4.46. The van der Waals surface area contributed by atoms with Crippen molar-refractivity contribution in [3.05, 3.63) is 58.2 Å². The van der Waals surface area contributed by atoms with E-state index in [0.717, 1.165) is 28.4 Å². The summed E-state index contributed by atoms with van der Waals surface area (Å²) in [5, 5.41) is 3.50. The second-order valence-corrected chi connectivity index (χ2v) is 12.9. The fourth-order valence-corrected chi connectivity index (χ4v) is 8.57. The van der Waals surface area contributed by atoms with Gasteiger partial charge >= 0.3 is 0 Å². The van der Waals surface area contributed by atoms with E-state index in [4.69, 9.17) is 16.3 Å². The van der Waals surface area contributed by atoms with E-state index in [1.807, 2.05) is 30.3 Å². The molecule has 6 rings (SSSR count). The van der Waals surface area contributed by atoms with E-state index >= 15 is 0 Å². The van der Waals surface area contributed by atoms with Gasteiger partial charge in [0.05, 0.1) is 5.69 Å². The first-order chi connectivity index (χ1) is 18.8. The molecule has 0 saturated carbocycles. The number of ketones is 1. The lowest BCUT2D eigenvalue weighted by molar-refractivity contribution is -0.123. The van der Waals surface area contributed by atoms with Gasteiger partial charge in [-0.05, 0) is 42.3 Å². The topological polar surface area (TPSA) is 101 Å². The average molecular weight is 587 g/mol. The summed E-state index contributed by atoms with van der Waals surface area (Å²) < 4.78 is 34.8. The Morgan fingerprint density at radius 2 is 2.00 bits per heavy atom. The highest BCUT2D eigenvalue weighted by Gasteiger charge is 2.36. The van der Waals surface area contributed by atoms with Crippen molar-refractivity contribution in [1.82, 2.24) is 13.7 Å². The largest absolute Gasteiger partial charge is 0.385 e. The van der Waals surface area contributed by atoms with Crippen LogP contribution in [0.3, 0.4) is 0 Å². The summed E-state index contributed by atoms with van der Waals surface area (Å²) in [4.78, 5) is 32.9. The van der Waals surface area contributed by atoms with Gasteiger partial charge in [-0.2, -0.15) is 4.31 Å². The van der Waals surface area contributed by atoms with Gasteiger partial charge in [-0.3, -0.25) is 14.0 Å². The van der Waals surface area contributed by atoms with Gasteiger partial charge in [-0.1, -0.05) is 29.8 Å². The average Bonchev–Trinajstić information content (AvgIpc) is 3.58. The number of rotatable bonds is 9. The van der Waals surface area contributed by atoms with Crippen LogP contribution >= 0.6 is 22.9 Å². The molecule has 0 atom stereocenters. The van der Waals surface area contributed by atoms with Crippen LogP contribution < -0.4 is 4.90 Å². The number of benzene rings is 2. The van der Waals surface area contributed by atoms with Gasteiger partial charge in [0.1, 0.15) is 5.78 Å². The number of halogens is 1. The van der Waals surface area contributed by atoms with Gasteiger partial charge in [-0.15, -0.1) is 11.3 Å². The first-order valence-corrected chi connectivity index (χ1v) is 15.5. The maximum absolute atomic E-state index is 13.4.